The van der Waals surface area contributed by atoms with Crippen molar-refractivity contribution < 1.29 is 0 Å². The van der Waals surface area contributed by atoms with Gasteiger partial charge in [-0.25, -0.2) is 0 Å². The normalized spacial score (nSPS) is 12.3. The molecule has 0 saturated carbocycles. The summed E-state index contributed by atoms with van der Waals surface area (Å²) < 4.78 is 0. The molecule has 2 aromatic rings. The first-order chi connectivity index (χ1) is 9.70. The second-order valence-electron chi connectivity index (χ2n) is 5.20. The van der Waals surface area contributed by atoms with Gasteiger partial charge in [-0.3, -0.25) is 0 Å². The fourth-order valence-electron chi connectivity index (χ4n) is 2.22. The Morgan fingerprint density at radius 3 is 2.55 bits per heavy atom. The molecular formula is C17H24N2S. The van der Waals surface area contributed by atoms with Crippen molar-refractivity contribution in [3.8, 4) is 0 Å². The van der Waals surface area contributed by atoms with Crippen LogP contribution in [0.3, 0.4) is 0 Å². The maximum Gasteiger partial charge on any atom is 0.0519 e. The lowest BCUT2D eigenvalue weighted by Crippen LogP contribution is -2.19. The molecule has 0 amide bonds. The quantitative estimate of drug-likeness (QED) is 0.810. The second-order valence-corrected chi connectivity index (χ2v) is 6.24. The average molecular weight is 288 g/mol. The topological polar surface area (TPSA) is 15.3 Å². The predicted octanol–water partition coefficient (Wildman–Crippen LogP) is 4.45. The van der Waals surface area contributed by atoms with E-state index in [-0.39, 0.29) is 0 Å². The third-order valence-electron chi connectivity index (χ3n) is 3.51. The Morgan fingerprint density at radius 2 is 1.95 bits per heavy atom. The summed E-state index contributed by atoms with van der Waals surface area (Å²) in [6, 6.07) is 13.6. The highest BCUT2D eigenvalue weighted by molar-refractivity contribution is 7.09. The van der Waals surface area contributed by atoms with Gasteiger partial charge in [0.25, 0.3) is 0 Å². The Labute approximate surface area is 126 Å². The van der Waals surface area contributed by atoms with Crippen LogP contribution in [0.4, 0.5) is 5.69 Å². The number of nitrogens with zero attached hydrogens (tertiary/aromatic N) is 1. The minimum Gasteiger partial charge on any atom is -0.369 e. The van der Waals surface area contributed by atoms with Crippen molar-refractivity contribution in [1.29, 1.82) is 0 Å². The lowest BCUT2D eigenvalue weighted by molar-refractivity contribution is 0.571. The van der Waals surface area contributed by atoms with Gasteiger partial charge >= 0.3 is 0 Å². The van der Waals surface area contributed by atoms with Crippen LogP contribution in [0.1, 0.15) is 36.8 Å². The molecule has 108 valence electrons. The van der Waals surface area contributed by atoms with Crippen molar-refractivity contribution in [3.05, 3.63) is 52.2 Å². The summed E-state index contributed by atoms with van der Waals surface area (Å²) in [4.78, 5) is 3.69. The summed E-state index contributed by atoms with van der Waals surface area (Å²) in [5, 5.41) is 5.65. The largest absolute Gasteiger partial charge is 0.369 e. The summed E-state index contributed by atoms with van der Waals surface area (Å²) in [6.45, 7) is 6.46. The molecular weight excluding hydrogens is 264 g/mol. The molecule has 20 heavy (non-hydrogen) atoms. The number of rotatable bonds is 7. The number of nitrogens with one attached hydrogen (secondary N) is 1. The fourth-order valence-corrected chi connectivity index (χ4v) is 2.98. The van der Waals surface area contributed by atoms with E-state index in [0.29, 0.717) is 6.04 Å². The van der Waals surface area contributed by atoms with Crippen molar-refractivity contribution in [2.24, 2.45) is 0 Å². The van der Waals surface area contributed by atoms with Crippen LogP contribution in [0.5, 0.6) is 0 Å². The smallest absolute Gasteiger partial charge is 0.0519 e. The van der Waals surface area contributed by atoms with Gasteiger partial charge in [0.05, 0.1) is 6.54 Å². The molecule has 3 heteroatoms. The zero-order valence-electron chi connectivity index (χ0n) is 12.6. The van der Waals surface area contributed by atoms with Crippen LogP contribution in [0, 0.1) is 0 Å². The van der Waals surface area contributed by atoms with Gasteiger partial charge in [-0.2, -0.15) is 0 Å². The molecule has 2 rings (SSSR count). The lowest BCUT2D eigenvalue weighted by Gasteiger charge is -2.20. The molecule has 0 aliphatic rings. The van der Waals surface area contributed by atoms with Gasteiger partial charge in [-0.15, -0.1) is 11.3 Å². The maximum absolute atomic E-state index is 3.52. The highest BCUT2D eigenvalue weighted by atomic mass is 32.1. The van der Waals surface area contributed by atoms with Gasteiger partial charge in [0.1, 0.15) is 0 Å². The zero-order chi connectivity index (χ0) is 14.4. The third-order valence-corrected chi connectivity index (χ3v) is 4.37. The Morgan fingerprint density at radius 1 is 1.20 bits per heavy atom. The van der Waals surface area contributed by atoms with E-state index in [1.54, 1.807) is 0 Å². The number of hydrogen-bond acceptors (Lipinski definition) is 3. The molecule has 2 nitrogen and oxygen atoms in total. The van der Waals surface area contributed by atoms with Crippen LogP contribution < -0.4 is 10.2 Å². The van der Waals surface area contributed by atoms with Gasteiger partial charge in [-0.05, 0) is 49.0 Å². The zero-order valence-corrected chi connectivity index (χ0v) is 13.4. The molecule has 1 atom stereocenters. The van der Waals surface area contributed by atoms with Gasteiger partial charge < -0.3 is 10.2 Å². The Balaban J connectivity index is 1.96. The van der Waals surface area contributed by atoms with E-state index in [4.69, 9.17) is 0 Å². The maximum atomic E-state index is 3.52. The molecule has 0 aliphatic carbocycles. The summed E-state index contributed by atoms with van der Waals surface area (Å²) in [5.74, 6) is 0. The van der Waals surface area contributed by atoms with E-state index < -0.39 is 0 Å². The van der Waals surface area contributed by atoms with Crippen LogP contribution in [0.15, 0.2) is 41.8 Å². The number of hydrogen-bond donors (Lipinski definition) is 1. The van der Waals surface area contributed by atoms with Gasteiger partial charge in [-0.1, -0.05) is 25.1 Å². The number of thiophene rings is 1. The highest BCUT2D eigenvalue weighted by Crippen LogP contribution is 2.21. The first-order valence-corrected chi connectivity index (χ1v) is 8.15. The third kappa shape index (κ3) is 4.09. The fraction of sp³-hybridized carbons (Fsp3) is 0.412. The minimum atomic E-state index is 0.423. The molecule has 0 fully saturated rings. The van der Waals surface area contributed by atoms with Crippen molar-refractivity contribution in [3.63, 3.8) is 0 Å². The van der Waals surface area contributed by atoms with E-state index >= 15 is 0 Å². The predicted molar refractivity (Wildman–Crippen MR) is 89.6 cm³/mol. The lowest BCUT2D eigenvalue weighted by atomic mass is 10.1. The van der Waals surface area contributed by atoms with E-state index in [2.05, 4.69) is 72.9 Å². The van der Waals surface area contributed by atoms with Crippen LogP contribution in [0.2, 0.25) is 0 Å². The average Bonchev–Trinajstić information content (AvgIpc) is 2.97. The van der Waals surface area contributed by atoms with Crippen molar-refractivity contribution in [2.45, 2.75) is 32.9 Å². The van der Waals surface area contributed by atoms with Crippen LogP contribution in [-0.4, -0.2) is 13.6 Å². The molecule has 0 aliphatic heterocycles. The molecule has 0 bridgehead atoms. The standard InChI is InChI=1S/C17H24N2S/c1-4-11-18-14(2)15-7-9-16(10-8-15)19(3)13-17-6-5-12-20-17/h5-10,12,14,18H,4,11,13H2,1-3H3. The number of benzene rings is 1. The van der Waals surface area contributed by atoms with E-state index in [1.807, 2.05) is 11.3 Å². The minimum absolute atomic E-state index is 0.423. The highest BCUT2D eigenvalue weighted by Gasteiger charge is 2.06. The van der Waals surface area contributed by atoms with E-state index in [9.17, 15) is 0 Å². The summed E-state index contributed by atoms with van der Waals surface area (Å²) >= 11 is 1.81. The van der Waals surface area contributed by atoms with Crippen molar-refractivity contribution >= 4 is 17.0 Å². The summed E-state index contributed by atoms with van der Waals surface area (Å²) in [7, 11) is 2.15. The molecule has 1 heterocycles. The van der Waals surface area contributed by atoms with E-state index in [0.717, 1.165) is 13.1 Å². The molecule has 1 aromatic heterocycles. The Hall–Kier alpha value is -1.32. The van der Waals surface area contributed by atoms with E-state index in [1.165, 1.54) is 22.5 Å². The Bertz CT molecular complexity index is 490. The molecule has 0 saturated heterocycles. The van der Waals surface area contributed by atoms with Gasteiger partial charge in [0.15, 0.2) is 0 Å². The molecule has 0 radical (unpaired) electrons. The van der Waals surface area contributed by atoms with Crippen LogP contribution in [-0.2, 0) is 6.54 Å². The Kier molecular flexibility index (Phi) is 5.62. The monoisotopic (exact) mass is 288 g/mol. The van der Waals surface area contributed by atoms with Crippen LogP contribution >= 0.6 is 11.3 Å². The van der Waals surface area contributed by atoms with Crippen molar-refractivity contribution in [2.75, 3.05) is 18.5 Å². The van der Waals surface area contributed by atoms with Crippen molar-refractivity contribution in [1.82, 2.24) is 5.32 Å². The molecule has 1 N–H and O–H groups in total. The SMILES string of the molecule is CCCNC(C)c1ccc(N(C)Cc2cccs2)cc1. The van der Waals surface area contributed by atoms with Crippen LogP contribution in [0.25, 0.3) is 0 Å². The molecule has 0 spiro atoms. The molecule has 1 unspecified atom stereocenters. The van der Waals surface area contributed by atoms with Gasteiger partial charge in [0.2, 0.25) is 0 Å². The number of anilines is 1. The first kappa shape index (κ1) is 15.1. The first-order valence-electron chi connectivity index (χ1n) is 7.27. The van der Waals surface area contributed by atoms with Gasteiger partial charge in [0, 0.05) is 23.7 Å². The molecule has 1 aromatic carbocycles. The summed E-state index contributed by atoms with van der Waals surface area (Å²) in [6.07, 6.45) is 1.17. The summed E-state index contributed by atoms with van der Waals surface area (Å²) in [5.41, 5.74) is 2.62. The second kappa shape index (κ2) is 7.46.